The standard InChI is InChI=1S/C19H18ClN3O2/c1-11-6-7-13(9-15(11)20)19(25)23-17(18(21)24)10-14-8-12-4-2-3-5-16(12)22-14/h2-9,17,22H,10H2,1H3,(H2,21,24)(H,23,25). The summed E-state index contributed by atoms with van der Waals surface area (Å²) in [5, 5.41) is 4.22. The van der Waals surface area contributed by atoms with Gasteiger partial charge in [0.05, 0.1) is 0 Å². The molecule has 0 saturated carbocycles. The molecule has 0 fully saturated rings. The van der Waals surface area contributed by atoms with E-state index in [1.165, 1.54) is 0 Å². The fourth-order valence-corrected chi connectivity index (χ4v) is 2.84. The third-order valence-corrected chi connectivity index (χ3v) is 4.50. The van der Waals surface area contributed by atoms with Gasteiger partial charge < -0.3 is 16.0 Å². The van der Waals surface area contributed by atoms with Crippen molar-refractivity contribution in [2.24, 2.45) is 5.73 Å². The summed E-state index contributed by atoms with van der Waals surface area (Å²) in [6.45, 7) is 1.85. The van der Waals surface area contributed by atoms with E-state index >= 15 is 0 Å². The van der Waals surface area contributed by atoms with Crippen LogP contribution in [0, 0.1) is 6.92 Å². The summed E-state index contributed by atoms with van der Waals surface area (Å²) < 4.78 is 0. The molecule has 3 aromatic rings. The van der Waals surface area contributed by atoms with Crippen LogP contribution in [0.1, 0.15) is 21.6 Å². The molecule has 6 heteroatoms. The number of hydrogen-bond acceptors (Lipinski definition) is 2. The molecule has 2 aromatic carbocycles. The van der Waals surface area contributed by atoms with Crippen molar-refractivity contribution in [3.8, 4) is 0 Å². The minimum atomic E-state index is -0.819. The van der Waals surface area contributed by atoms with Gasteiger partial charge in [0.1, 0.15) is 6.04 Å². The summed E-state index contributed by atoms with van der Waals surface area (Å²) in [7, 11) is 0. The molecular formula is C19H18ClN3O2. The number of nitrogens with two attached hydrogens (primary N) is 1. The number of aryl methyl sites for hydroxylation is 1. The summed E-state index contributed by atoms with van der Waals surface area (Å²) in [6.07, 6.45) is 0.287. The fourth-order valence-electron chi connectivity index (χ4n) is 2.66. The van der Waals surface area contributed by atoms with Crippen LogP contribution in [0.3, 0.4) is 0 Å². The SMILES string of the molecule is Cc1ccc(C(=O)NC(Cc2cc3ccccc3[nH]2)C(N)=O)cc1Cl. The summed E-state index contributed by atoms with van der Waals surface area (Å²) in [5.41, 5.74) is 8.53. The Balaban J connectivity index is 1.77. The van der Waals surface area contributed by atoms with Crippen molar-refractivity contribution in [2.75, 3.05) is 0 Å². The van der Waals surface area contributed by atoms with Crippen molar-refractivity contribution < 1.29 is 9.59 Å². The molecule has 128 valence electrons. The van der Waals surface area contributed by atoms with Crippen LogP contribution in [-0.4, -0.2) is 22.8 Å². The second kappa shape index (κ2) is 6.99. The van der Waals surface area contributed by atoms with Crippen molar-refractivity contribution >= 4 is 34.3 Å². The first kappa shape index (κ1) is 17.0. The molecule has 3 rings (SSSR count). The van der Waals surface area contributed by atoms with Gasteiger partial charge in [-0.05, 0) is 42.1 Å². The van der Waals surface area contributed by atoms with Crippen molar-refractivity contribution in [1.82, 2.24) is 10.3 Å². The van der Waals surface area contributed by atoms with Gasteiger partial charge in [0, 0.05) is 28.2 Å². The summed E-state index contributed by atoms with van der Waals surface area (Å²) in [4.78, 5) is 27.4. The molecule has 0 aliphatic carbocycles. The Hall–Kier alpha value is -2.79. The number of aromatic nitrogens is 1. The largest absolute Gasteiger partial charge is 0.368 e. The molecular weight excluding hydrogens is 338 g/mol. The van der Waals surface area contributed by atoms with Gasteiger partial charge in [-0.15, -0.1) is 0 Å². The highest BCUT2D eigenvalue weighted by Gasteiger charge is 2.20. The summed E-state index contributed by atoms with van der Waals surface area (Å²) in [6, 6.07) is 13.9. The van der Waals surface area contributed by atoms with Crippen LogP contribution in [0.25, 0.3) is 10.9 Å². The van der Waals surface area contributed by atoms with Crippen LogP contribution in [0.4, 0.5) is 0 Å². The van der Waals surface area contributed by atoms with E-state index in [4.69, 9.17) is 17.3 Å². The van der Waals surface area contributed by atoms with Gasteiger partial charge in [0.15, 0.2) is 0 Å². The van der Waals surface area contributed by atoms with Crippen LogP contribution in [0.5, 0.6) is 0 Å². The summed E-state index contributed by atoms with van der Waals surface area (Å²) >= 11 is 6.06. The minimum Gasteiger partial charge on any atom is -0.368 e. The van der Waals surface area contributed by atoms with E-state index in [0.717, 1.165) is 22.2 Å². The summed E-state index contributed by atoms with van der Waals surface area (Å²) in [5.74, 6) is -0.980. The zero-order valence-electron chi connectivity index (χ0n) is 13.7. The Morgan fingerprint density at radius 3 is 2.64 bits per heavy atom. The maximum atomic E-state index is 12.4. The molecule has 1 aromatic heterocycles. The topological polar surface area (TPSA) is 88.0 Å². The molecule has 5 nitrogen and oxygen atoms in total. The normalized spacial score (nSPS) is 12.1. The maximum Gasteiger partial charge on any atom is 0.251 e. The zero-order chi connectivity index (χ0) is 18.0. The number of primary amides is 1. The highest BCUT2D eigenvalue weighted by molar-refractivity contribution is 6.31. The molecule has 4 N–H and O–H groups in total. The van der Waals surface area contributed by atoms with Gasteiger partial charge >= 0.3 is 0 Å². The van der Waals surface area contributed by atoms with E-state index in [1.807, 2.05) is 37.3 Å². The molecule has 0 saturated heterocycles. The van der Waals surface area contributed by atoms with Crippen molar-refractivity contribution in [2.45, 2.75) is 19.4 Å². The van der Waals surface area contributed by atoms with Gasteiger partial charge in [-0.3, -0.25) is 9.59 Å². The van der Waals surface area contributed by atoms with Gasteiger partial charge in [0.2, 0.25) is 5.91 Å². The number of H-pyrrole nitrogens is 1. The van der Waals surface area contributed by atoms with E-state index in [-0.39, 0.29) is 12.3 Å². The first-order chi connectivity index (χ1) is 11.9. The van der Waals surface area contributed by atoms with Crippen LogP contribution < -0.4 is 11.1 Å². The van der Waals surface area contributed by atoms with Crippen LogP contribution in [0.15, 0.2) is 48.5 Å². The molecule has 2 amide bonds. The number of carbonyl (C=O) groups excluding carboxylic acids is 2. The Labute approximate surface area is 150 Å². The van der Waals surface area contributed by atoms with Crippen LogP contribution in [0.2, 0.25) is 5.02 Å². The monoisotopic (exact) mass is 355 g/mol. The first-order valence-electron chi connectivity index (χ1n) is 7.87. The van der Waals surface area contributed by atoms with Crippen molar-refractivity contribution in [1.29, 1.82) is 0 Å². The molecule has 0 aliphatic heterocycles. The lowest BCUT2D eigenvalue weighted by molar-refractivity contribution is -0.119. The molecule has 1 atom stereocenters. The Morgan fingerprint density at radius 1 is 1.20 bits per heavy atom. The average Bonchev–Trinajstić information content (AvgIpc) is 2.99. The van der Waals surface area contributed by atoms with Gasteiger partial charge in [-0.25, -0.2) is 0 Å². The number of fused-ring (bicyclic) bond motifs is 1. The number of rotatable bonds is 5. The third kappa shape index (κ3) is 3.83. The zero-order valence-corrected chi connectivity index (χ0v) is 14.4. The molecule has 1 unspecified atom stereocenters. The van der Waals surface area contributed by atoms with Crippen molar-refractivity contribution in [3.63, 3.8) is 0 Å². The number of para-hydroxylation sites is 1. The smallest absolute Gasteiger partial charge is 0.251 e. The minimum absolute atomic E-state index is 0.287. The number of nitrogens with one attached hydrogen (secondary N) is 2. The predicted molar refractivity (Wildman–Crippen MR) is 98.6 cm³/mol. The predicted octanol–water partition coefficient (Wildman–Crippen LogP) is 2.96. The number of hydrogen-bond donors (Lipinski definition) is 3. The number of aromatic amines is 1. The second-order valence-corrected chi connectivity index (χ2v) is 6.39. The van der Waals surface area contributed by atoms with Gasteiger partial charge in [0.25, 0.3) is 5.91 Å². The number of carbonyl (C=O) groups is 2. The Kier molecular flexibility index (Phi) is 4.76. The van der Waals surface area contributed by atoms with E-state index in [2.05, 4.69) is 10.3 Å². The number of amides is 2. The number of benzene rings is 2. The molecule has 25 heavy (non-hydrogen) atoms. The van der Waals surface area contributed by atoms with E-state index in [1.54, 1.807) is 18.2 Å². The van der Waals surface area contributed by atoms with Crippen LogP contribution in [-0.2, 0) is 11.2 Å². The molecule has 1 heterocycles. The van der Waals surface area contributed by atoms with Crippen molar-refractivity contribution in [3.05, 3.63) is 70.4 Å². The molecule has 0 aliphatic rings. The highest BCUT2D eigenvalue weighted by Crippen LogP contribution is 2.18. The first-order valence-corrected chi connectivity index (χ1v) is 8.25. The highest BCUT2D eigenvalue weighted by atomic mass is 35.5. The Bertz CT molecular complexity index is 916. The van der Waals surface area contributed by atoms with E-state index < -0.39 is 11.9 Å². The lowest BCUT2D eigenvalue weighted by Crippen LogP contribution is -2.45. The maximum absolute atomic E-state index is 12.4. The molecule has 0 radical (unpaired) electrons. The number of halogens is 1. The second-order valence-electron chi connectivity index (χ2n) is 5.98. The quantitative estimate of drug-likeness (QED) is 0.657. The van der Waals surface area contributed by atoms with Gasteiger partial charge in [-0.1, -0.05) is 35.9 Å². The van der Waals surface area contributed by atoms with Gasteiger partial charge in [-0.2, -0.15) is 0 Å². The lowest BCUT2D eigenvalue weighted by Gasteiger charge is -2.15. The van der Waals surface area contributed by atoms with E-state index in [9.17, 15) is 9.59 Å². The average molecular weight is 356 g/mol. The molecule has 0 bridgehead atoms. The lowest BCUT2D eigenvalue weighted by atomic mass is 10.1. The third-order valence-electron chi connectivity index (χ3n) is 4.09. The Morgan fingerprint density at radius 2 is 1.96 bits per heavy atom. The van der Waals surface area contributed by atoms with Crippen LogP contribution >= 0.6 is 11.6 Å². The fraction of sp³-hybridized carbons (Fsp3) is 0.158. The molecule has 0 spiro atoms. The van der Waals surface area contributed by atoms with E-state index in [0.29, 0.717) is 10.6 Å².